The average Bonchev–Trinajstić information content (AvgIpc) is 3.14. The van der Waals surface area contributed by atoms with Crippen molar-refractivity contribution in [3.63, 3.8) is 0 Å². The second kappa shape index (κ2) is 6.69. The monoisotopic (exact) mass is 423 g/mol. The molecule has 8 heteroatoms. The zero-order valence-electron chi connectivity index (χ0n) is 18.3. The van der Waals surface area contributed by atoms with E-state index in [0.29, 0.717) is 49.2 Å². The largest absolute Gasteiger partial charge is 0.326 e. The van der Waals surface area contributed by atoms with Crippen molar-refractivity contribution in [1.29, 1.82) is 0 Å². The Balaban J connectivity index is 1.53. The maximum absolute atomic E-state index is 13.2. The van der Waals surface area contributed by atoms with Gasteiger partial charge < -0.3 is 4.57 Å². The van der Waals surface area contributed by atoms with Gasteiger partial charge in [-0.05, 0) is 45.4 Å². The molecular weight excluding hydrogens is 394 g/mol. The number of carbonyl (C=O) groups is 2. The zero-order valence-corrected chi connectivity index (χ0v) is 18.3. The first kappa shape index (κ1) is 20.3. The number of rotatable bonds is 2. The molecule has 2 fully saturated rings. The molecule has 164 valence electrons. The Labute approximate surface area is 181 Å². The highest BCUT2D eigenvalue weighted by Crippen LogP contribution is 2.55. The van der Waals surface area contributed by atoms with Crippen molar-refractivity contribution in [1.82, 2.24) is 19.5 Å². The Hall–Kier alpha value is -2.61. The Morgan fingerprint density at radius 1 is 1.06 bits per heavy atom. The maximum Gasteiger partial charge on any atom is 0.183 e. The molecule has 2 aliphatic carbocycles. The Kier molecular flexibility index (Phi) is 4.38. The summed E-state index contributed by atoms with van der Waals surface area (Å²) in [6, 6.07) is 0. The Morgan fingerprint density at radius 3 is 2.68 bits per heavy atom. The topological polar surface area (TPSA) is 101 Å². The lowest BCUT2D eigenvalue weighted by Gasteiger charge is -2.52. The smallest absolute Gasteiger partial charge is 0.183 e. The van der Waals surface area contributed by atoms with Crippen LogP contribution in [0.15, 0.2) is 24.8 Å². The van der Waals surface area contributed by atoms with Gasteiger partial charge in [0.15, 0.2) is 11.5 Å². The Bertz CT molecular complexity index is 1110. The molecule has 4 atom stereocenters. The first-order valence-corrected chi connectivity index (χ1v) is 11.1. The lowest BCUT2D eigenvalue weighted by atomic mass is 9.50. The SMILES string of the molecule is C[C@]1(/C=C/[C@@]2(C)CCn3cnc4ncnc(c43)N2O)C(=O)CC[C@@]2(C)C(=O)CCC[C@H]12. The summed E-state index contributed by atoms with van der Waals surface area (Å²) in [5.41, 5.74) is -0.694. The molecule has 3 heterocycles. The average molecular weight is 424 g/mol. The minimum absolute atomic E-state index is 0.0102. The van der Waals surface area contributed by atoms with Gasteiger partial charge in [-0.15, -0.1) is 0 Å². The number of allylic oxidation sites excluding steroid dienone is 1. The van der Waals surface area contributed by atoms with Crippen molar-refractivity contribution >= 4 is 28.5 Å². The fourth-order valence-electron chi connectivity index (χ4n) is 6.01. The summed E-state index contributed by atoms with van der Waals surface area (Å²) in [7, 11) is 0. The van der Waals surface area contributed by atoms with Crippen molar-refractivity contribution in [2.45, 2.75) is 71.4 Å². The standard InChI is InChI=1S/C23H29N5O3/c1-21(11-12-27-14-26-19-18(27)20(28(21)31)25-13-24-19)9-10-23(3)15-5-4-6-16(29)22(15,2)8-7-17(23)30/h9-10,13-15,31H,4-8,11-12H2,1-3H3/b10-9+/t15-,21-,22+,23+/m0/s1. The van der Waals surface area contributed by atoms with Crippen molar-refractivity contribution in [2.24, 2.45) is 16.7 Å². The number of aryl methyl sites for hydroxylation is 1. The molecule has 0 bridgehead atoms. The number of aromatic nitrogens is 4. The van der Waals surface area contributed by atoms with E-state index in [1.54, 1.807) is 6.33 Å². The molecule has 0 saturated heterocycles. The summed E-state index contributed by atoms with van der Waals surface area (Å²) in [6.07, 6.45) is 11.0. The van der Waals surface area contributed by atoms with Crippen LogP contribution in [-0.2, 0) is 16.1 Å². The summed E-state index contributed by atoms with van der Waals surface area (Å²) in [5.74, 6) is 0.868. The normalized spacial score (nSPS) is 36.1. The molecule has 31 heavy (non-hydrogen) atoms. The number of Topliss-reactive ketones (excluding diaryl/α,β-unsaturated/α-hetero) is 2. The highest BCUT2D eigenvalue weighted by molar-refractivity contribution is 5.93. The Morgan fingerprint density at radius 2 is 1.87 bits per heavy atom. The first-order valence-electron chi connectivity index (χ1n) is 11.1. The number of ketones is 2. The molecule has 2 saturated carbocycles. The van der Waals surface area contributed by atoms with Gasteiger partial charge in [0.25, 0.3) is 0 Å². The van der Waals surface area contributed by atoms with Gasteiger partial charge in [-0.3, -0.25) is 14.8 Å². The lowest BCUT2D eigenvalue weighted by molar-refractivity contribution is -0.150. The van der Waals surface area contributed by atoms with Gasteiger partial charge in [-0.1, -0.05) is 19.1 Å². The molecule has 2 aromatic rings. The van der Waals surface area contributed by atoms with Crippen LogP contribution in [0.4, 0.5) is 5.82 Å². The van der Waals surface area contributed by atoms with E-state index in [1.807, 2.05) is 37.5 Å². The van der Waals surface area contributed by atoms with Gasteiger partial charge in [0.2, 0.25) is 0 Å². The molecule has 2 aromatic heterocycles. The molecule has 0 aromatic carbocycles. The van der Waals surface area contributed by atoms with Crippen molar-refractivity contribution in [3.8, 4) is 0 Å². The highest BCUT2D eigenvalue weighted by atomic mass is 16.5. The van der Waals surface area contributed by atoms with Gasteiger partial charge in [0, 0.05) is 30.2 Å². The fraction of sp³-hybridized carbons (Fsp3) is 0.609. The molecule has 5 rings (SSSR count). The highest BCUT2D eigenvalue weighted by Gasteiger charge is 2.56. The number of anilines is 1. The fourth-order valence-corrected chi connectivity index (χ4v) is 6.01. The van der Waals surface area contributed by atoms with Crippen LogP contribution in [-0.4, -0.2) is 41.8 Å². The van der Waals surface area contributed by atoms with E-state index in [-0.39, 0.29) is 17.5 Å². The summed E-state index contributed by atoms with van der Waals surface area (Å²) in [6.45, 7) is 6.60. The number of imidazole rings is 1. The third-order valence-electron chi connectivity index (χ3n) is 8.22. The molecule has 0 radical (unpaired) electrons. The second-order valence-electron chi connectivity index (χ2n) is 10.1. The van der Waals surface area contributed by atoms with Crippen molar-refractivity contribution in [3.05, 3.63) is 24.8 Å². The number of fused-ring (bicyclic) bond motifs is 1. The predicted octanol–water partition coefficient (Wildman–Crippen LogP) is 3.49. The van der Waals surface area contributed by atoms with Gasteiger partial charge in [-0.2, -0.15) is 0 Å². The van der Waals surface area contributed by atoms with Crippen molar-refractivity contribution in [2.75, 3.05) is 5.06 Å². The minimum atomic E-state index is -0.768. The molecule has 0 spiro atoms. The number of carbonyl (C=O) groups excluding carboxylic acids is 2. The van der Waals surface area contributed by atoms with Crippen LogP contribution in [0.1, 0.15) is 59.3 Å². The van der Waals surface area contributed by atoms with Gasteiger partial charge in [0.05, 0.1) is 11.9 Å². The molecule has 0 unspecified atom stereocenters. The van der Waals surface area contributed by atoms with E-state index < -0.39 is 16.4 Å². The summed E-state index contributed by atoms with van der Waals surface area (Å²) in [5, 5.41) is 12.4. The molecule has 3 aliphatic rings. The quantitative estimate of drug-likeness (QED) is 0.738. The predicted molar refractivity (Wildman–Crippen MR) is 115 cm³/mol. The van der Waals surface area contributed by atoms with Crippen LogP contribution in [0.5, 0.6) is 0 Å². The van der Waals surface area contributed by atoms with E-state index in [1.165, 1.54) is 11.4 Å². The zero-order chi connectivity index (χ0) is 22.0. The summed E-state index contributed by atoms with van der Waals surface area (Å²) >= 11 is 0. The molecule has 8 nitrogen and oxygen atoms in total. The molecule has 1 N–H and O–H groups in total. The maximum atomic E-state index is 13.2. The number of hydroxylamine groups is 1. The van der Waals surface area contributed by atoms with E-state index in [4.69, 9.17) is 0 Å². The number of hydrogen-bond acceptors (Lipinski definition) is 7. The van der Waals surface area contributed by atoms with Gasteiger partial charge in [0.1, 0.15) is 23.4 Å². The van der Waals surface area contributed by atoms with Crippen molar-refractivity contribution < 1.29 is 14.8 Å². The number of hydrogen-bond donors (Lipinski definition) is 1. The van der Waals surface area contributed by atoms with Gasteiger partial charge in [-0.25, -0.2) is 20.0 Å². The van der Waals surface area contributed by atoms with E-state index in [9.17, 15) is 14.8 Å². The van der Waals surface area contributed by atoms with Crippen LogP contribution in [0.2, 0.25) is 0 Å². The minimum Gasteiger partial charge on any atom is -0.326 e. The third kappa shape index (κ3) is 2.80. The number of nitrogens with zero attached hydrogens (tertiary/aromatic N) is 5. The van der Waals surface area contributed by atoms with Crippen LogP contribution >= 0.6 is 0 Å². The summed E-state index contributed by atoms with van der Waals surface area (Å²) < 4.78 is 1.96. The lowest BCUT2D eigenvalue weighted by Crippen LogP contribution is -2.54. The second-order valence-corrected chi connectivity index (χ2v) is 10.1. The van der Waals surface area contributed by atoms with E-state index in [0.717, 1.165) is 12.8 Å². The van der Waals surface area contributed by atoms with Crippen LogP contribution < -0.4 is 5.06 Å². The van der Waals surface area contributed by atoms with Crippen LogP contribution in [0, 0.1) is 16.7 Å². The van der Waals surface area contributed by atoms with E-state index >= 15 is 0 Å². The first-order chi connectivity index (χ1) is 14.7. The third-order valence-corrected chi connectivity index (χ3v) is 8.22. The van der Waals surface area contributed by atoms with Crippen LogP contribution in [0.3, 0.4) is 0 Å². The van der Waals surface area contributed by atoms with Crippen LogP contribution in [0.25, 0.3) is 11.2 Å². The summed E-state index contributed by atoms with van der Waals surface area (Å²) in [4.78, 5) is 38.8. The molecular formula is C23H29N5O3. The van der Waals surface area contributed by atoms with Gasteiger partial charge >= 0.3 is 0 Å². The van der Waals surface area contributed by atoms with E-state index in [2.05, 4.69) is 15.0 Å². The molecule has 0 amide bonds. The molecule has 1 aliphatic heterocycles.